The molecule has 1 aliphatic heterocycles. The molecule has 0 spiro atoms. The highest BCUT2D eigenvalue weighted by atomic mass is 16.5. The molecule has 3 heteroatoms. The molecule has 1 heterocycles. The van der Waals surface area contributed by atoms with E-state index in [1.807, 2.05) is 44.2 Å². The van der Waals surface area contributed by atoms with Gasteiger partial charge in [0.15, 0.2) is 11.5 Å². The van der Waals surface area contributed by atoms with Gasteiger partial charge in [0.05, 0.1) is 13.2 Å². The van der Waals surface area contributed by atoms with Crippen LogP contribution in [0.4, 0.5) is 0 Å². The summed E-state index contributed by atoms with van der Waals surface area (Å²) in [5.41, 5.74) is 3.99. The summed E-state index contributed by atoms with van der Waals surface area (Å²) in [5, 5.41) is 10.7. The second kappa shape index (κ2) is 5.78. The second-order valence-corrected chi connectivity index (χ2v) is 5.52. The number of aliphatic hydroxyl groups excluding tert-OH is 1. The predicted molar refractivity (Wildman–Crippen MR) is 82.0 cm³/mol. The van der Waals surface area contributed by atoms with Gasteiger partial charge >= 0.3 is 0 Å². The van der Waals surface area contributed by atoms with Crippen molar-refractivity contribution in [3.05, 3.63) is 58.7 Å². The van der Waals surface area contributed by atoms with Crippen LogP contribution in [0.3, 0.4) is 0 Å². The Balaban J connectivity index is 1.96. The van der Waals surface area contributed by atoms with Crippen molar-refractivity contribution < 1.29 is 14.6 Å². The van der Waals surface area contributed by atoms with E-state index in [0.29, 0.717) is 19.0 Å². The van der Waals surface area contributed by atoms with E-state index < -0.39 is 6.10 Å². The van der Waals surface area contributed by atoms with Crippen LogP contribution in [0, 0.1) is 13.8 Å². The SMILES string of the molecule is Cc1ccc(C)c(C(O)c2ccc3c(c2)OCCCO3)c1. The van der Waals surface area contributed by atoms with Crippen LogP contribution in [0.2, 0.25) is 0 Å². The fourth-order valence-electron chi connectivity index (χ4n) is 2.58. The molecule has 0 aromatic heterocycles. The molecule has 0 radical (unpaired) electrons. The molecule has 1 aliphatic rings. The maximum Gasteiger partial charge on any atom is 0.161 e. The molecule has 1 N–H and O–H groups in total. The third-order valence-electron chi connectivity index (χ3n) is 3.82. The number of hydrogen-bond donors (Lipinski definition) is 1. The molecule has 3 nitrogen and oxygen atoms in total. The van der Waals surface area contributed by atoms with Crippen molar-refractivity contribution in [2.75, 3.05) is 13.2 Å². The molecule has 0 fully saturated rings. The largest absolute Gasteiger partial charge is 0.490 e. The maximum absolute atomic E-state index is 10.7. The molecule has 3 rings (SSSR count). The minimum Gasteiger partial charge on any atom is -0.490 e. The quantitative estimate of drug-likeness (QED) is 0.916. The van der Waals surface area contributed by atoms with E-state index in [-0.39, 0.29) is 0 Å². The van der Waals surface area contributed by atoms with Gasteiger partial charge in [-0.05, 0) is 42.7 Å². The fourth-order valence-corrected chi connectivity index (χ4v) is 2.58. The average molecular weight is 284 g/mol. The molecule has 1 atom stereocenters. The van der Waals surface area contributed by atoms with Crippen molar-refractivity contribution in [2.45, 2.75) is 26.4 Å². The standard InChI is InChI=1S/C18H20O3/c1-12-4-5-13(2)15(10-12)18(19)14-6-7-16-17(11-14)21-9-3-8-20-16/h4-7,10-11,18-19H,3,8-9H2,1-2H3. The van der Waals surface area contributed by atoms with Gasteiger partial charge in [-0.25, -0.2) is 0 Å². The van der Waals surface area contributed by atoms with E-state index in [0.717, 1.165) is 34.4 Å². The van der Waals surface area contributed by atoms with E-state index in [1.165, 1.54) is 0 Å². The molecule has 0 saturated heterocycles. The molecular weight excluding hydrogens is 264 g/mol. The van der Waals surface area contributed by atoms with E-state index >= 15 is 0 Å². The van der Waals surface area contributed by atoms with Crippen LogP contribution in [-0.2, 0) is 0 Å². The summed E-state index contributed by atoms with van der Waals surface area (Å²) in [7, 11) is 0. The van der Waals surface area contributed by atoms with Crippen molar-refractivity contribution >= 4 is 0 Å². The summed E-state index contributed by atoms with van der Waals surface area (Å²) in [6.07, 6.45) is 0.228. The lowest BCUT2D eigenvalue weighted by Gasteiger charge is -2.17. The summed E-state index contributed by atoms with van der Waals surface area (Å²) in [6, 6.07) is 11.8. The number of fused-ring (bicyclic) bond motifs is 1. The lowest BCUT2D eigenvalue weighted by atomic mass is 9.95. The van der Waals surface area contributed by atoms with Crippen molar-refractivity contribution in [1.82, 2.24) is 0 Å². The maximum atomic E-state index is 10.7. The van der Waals surface area contributed by atoms with E-state index in [2.05, 4.69) is 6.07 Å². The van der Waals surface area contributed by atoms with Gasteiger partial charge in [-0.3, -0.25) is 0 Å². The second-order valence-electron chi connectivity index (χ2n) is 5.52. The topological polar surface area (TPSA) is 38.7 Å². The highest BCUT2D eigenvalue weighted by Gasteiger charge is 2.17. The summed E-state index contributed by atoms with van der Waals surface area (Å²) in [4.78, 5) is 0. The Morgan fingerprint density at radius 2 is 1.71 bits per heavy atom. The van der Waals surface area contributed by atoms with Crippen molar-refractivity contribution in [1.29, 1.82) is 0 Å². The Hall–Kier alpha value is -2.00. The molecule has 2 aromatic carbocycles. The van der Waals surface area contributed by atoms with Crippen LogP contribution in [-0.4, -0.2) is 18.3 Å². The number of aryl methyl sites for hydroxylation is 2. The smallest absolute Gasteiger partial charge is 0.161 e. The van der Waals surface area contributed by atoms with Crippen LogP contribution in [0.25, 0.3) is 0 Å². The minimum absolute atomic E-state index is 0.649. The zero-order valence-electron chi connectivity index (χ0n) is 12.4. The van der Waals surface area contributed by atoms with Gasteiger partial charge in [0, 0.05) is 6.42 Å². The van der Waals surface area contributed by atoms with E-state index in [9.17, 15) is 5.11 Å². The number of rotatable bonds is 2. The Labute approximate surface area is 125 Å². The molecule has 110 valence electrons. The van der Waals surface area contributed by atoms with Gasteiger partial charge in [-0.2, -0.15) is 0 Å². The summed E-state index contributed by atoms with van der Waals surface area (Å²) >= 11 is 0. The van der Waals surface area contributed by atoms with Gasteiger partial charge < -0.3 is 14.6 Å². The van der Waals surface area contributed by atoms with Crippen LogP contribution in [0.1, 0.15) is 34.8 Å². The lowest BCUT2D eigenvalue weighted by Crippen LogP contribution is -2.03. The zero-order valence-corrected chi connectivity index (χ0v) is 12.4. The Bertz CT molecular complexity index is 649. The Morgan fingerprint density at radius 3 is 2.52 bits per heavy atom. The minimum atomic E-state index is -0.651. The monoisotopic (exact) mass is 284 g/mol. The van der Waals surface area contributed by atoms with Gasteiger partial charge in [-0.1, -0.05) is 29.8 Å². The van der Waals surface area contributed by atoms with Crippen LogP contribution in [0.5, 0.6) is 11.5 Å². The number of ether oxygens (including phenoxy) is 2. The van der Waals surface area contributed by atoms with Gasteiger partial charge in [-0.15, -0.1) is 0 Å². The van der Waals surface area contributed by atoms with Gasteiger partial charge in [0.25, 0.3) is 0 Å². The highest BCUT2D eigenvalue weighted by Crippen LogP contribution is 2.34. The Kier molecular flexibility index (Phi) is 3.84. The van der Waals surface area contributed by atoms with E-state index in [1.54, 1.807) is 0 Å². The number of aliphatic hydroxyl groups is 1. The fraction of sp³-hybridized carbons (Fsp3) is 0.333. The van der Waals surface area contributed by atoms with Crippen molar-refractivity contribution in [3.8, 4) is 11.5 Å². The Morgan fingerprint density at radius 1 is 0.952 bits per heavy atom. The normalized spacial score (nSPS) is 15.4. The van der Waals surface area contributed by atoms with Crippen LogP contribution < -0.4 is 9.47 Å². The molecule has 0 aliphatic carbocycles. The summed E-state index contributed by atoms with van der Waals surface area (Å²) in [6.45, 7) is 5.37. The molecule has 0 bridgehead atoms. The first-order chi connectivity index (χ1) is 10.1. The van der Waals surface area contributed by atoms with Crippen LogP contribution >= 0.6 is 0 Å². The summed E-state index contributed by atoms with van der Waals surface area (Å²) in [5.74, 6) is 1.47. The average Bonchev–Trinajstić information content (AvgIpc) is 2.73. The third kappa shape index (κ3) is 2.88. The van der Waals surface area contributed by atoms with Gasteiger partial charge in [0.1, 0.15) is 6.10 Å². The number of benzene rings is 2. The predicted octanol–water partition coefficient (Wildman–Crippen LogP) is 3.55. The first kappa shape index (κ1) is 14.0. The molecule has 21 heavy (non-hydrogen) atoms. The van der Waals surface area contributed by atoms with E-state index in [4.69, 9.17) is 9.47 Å². The molecule has 2 aromatic rings. The highest BCUT2D eigenvalue weighted by molar-refractivity contribution is 5.47. The lowest BCUT2D eigenvalue weighted by molar-refractivity contribution is 0.218. The number of hydrogen-bond acceptors (Lipinski definition) is 3. The zero-order chi connectivity index (χ0) is 14.8. The van der Waals surface area contributed by atoms with Crippen LogP contribution in [0.15, 0.2) is 36.4 Å². The molecule has 0 saturated carbocycles. The molecular formula is C18H20O3. The van der Waals surface area contributed by atoms with Crippen molar-refractivity contribution in [2.24, 2.45) is 0 Å². The third-order valence-corrected chi connectivity index (χ3v) is 3.82. The first-order valence-electron chi connectivity index (χ1n) is 7.30. The molecule has 0 amide bonds. The molecule has 1 unspecified atom stereocenters. The first-order valence-corrected chi connectivity index (χ1v) is 7.30. The summed E-state index contributed by atoms with van der Waals surface area (Å²) < 4.78 is 11.3. The van der Waals surface area contributed by atoms with Gasteiger partial charge in [0.2, 0.25) is 0 Å². The van der Waals surface area contributed by atoms with Crippen molar-refractivity contribution in [3.63, 3.8) is 0 Å².